The molecule has 0 saturated heterocycles. The van der Waals surface area contributed by atoms with Crippen molar-refractivity contribution in [3.8, 4) is 11.5 Å². The lowest BCUT2D eigenvalue weighted by Crippen LogP contribution is -2.48. The number of ether oxygens (including phenoxy) is 4. The minimum absolute atomic E-state index is 0.147. The van der Waals surface area contributed by atoms with Crippen LogP contribution in [0.3, 0.4) is 0 Å². The molecule has 1 heterocycles. The number of carbonyl (C=O) groups is 3. The molecular weight excluding hydrogens is 486 g/mol. The Balaban J connectivity index is 1.88. The molecule has 4 atom stereocenters. The second-order valence-electron chi connectivity index (χ2n) is 9.27. The minimum Gasteiger partial charge on any atom is -0.497 e. The summed E-state index contributed by atoms with van der Waals surface area (Å²) >= 11 is 0. The van der Waals surface area contributed by atoms with Crippen molar-refractivity contribution in [3.05, 3.63) is 70.9 Å². The second-order valence-corrected chi connectivity index (χ2v) is 9.27. The number of methoxy groups -OCH3 is 2. The molecule has 2 aliphatic rings. The van der Waals surface area contributed by atoms with Gasteiger partial charge in [0, 0.05) is 23.2 Å². The zero-order valence-electron chi connectivity index (χ0n) is 22.4. The molecule has 1 aliphatic carbocycles. The third-order valence-corrected chi connectivity index (χ3v) is 7.18. The van der Waals surface area contributed by atoms with Crippen LogP contribution in [0.5, 0.6) is 11.5 Å². The summed E-state index contributed by atoms with van der Waals surface area (Å²) in [5.74, 6) is -3.18. The molecule has 0 radical (unpaired) electrons. The number of Topliss-reactive ketones (excluding diaryl/α,β-unsaturated/α-hetero) is 1. The average Bonchev–Trinajstić information content (AvgIpc) is 2.92. The summed E-state index contributed by atoms with van der Waals surface area (Å²) in [6.07, 6.45) is 0.354. The molecule has 1 aliphatic heterocycles. The van der Waals surface area contributed by atoms with E-state index in [4.69, 9.17) is 23.9 Å². The molecule has 0 spiro atoms. The van der Waals surface area contributed by atoms with E-state index in [1.54, 1.807) is 47.1 Å². The van der Waals surface area contributed by atoms with Crippen LogP contribution < -0.4 is 9.47 Å². The van der Waals surface area contributed by atoms with Crippen LogP contribution in [-0.2, 0) is 23.9 Å². The molecule has 0 N–H and O–H groups in total. The molecule has 8 nitrogen and oxygen atoms in total. The molecule has 1 unspecified atom stereocenters. The van der Waals surface area contributed by atoms with E-state index < -0.39 is 35.6 Å². The van der Waals surface area contributed by atoms with Gasteiger partial charge in [-0.05, 0) is 62.6 Å². The molecule has 1 fully saturated rings. The van der Waals surface area contributed by atoms with Gasteiger partial charge in [-0.1, -0.05) is 24.3 Å². The number of ketones is 1. The minimum atomic E-state index is -1.06. The number of fused-ring (bicyclic) bond motifs is 1. The summed E-state index contributed by atoms with van der Waals surface area (Å²) in [6, 6.07) is 14.6. The molecule has 0 amide bonds. The van der Waals surface area contributed by atoms with Gasteiger partial charge >= 0.3 is 11.9 Å². The van der Waals surface area contributed by atoms with Gasteiger partial charge < -0.3 is 18.9 Å². The van der Waals surface area contributed by atoms with Gasteiger partial charge in [0.05, 0.1) is 38.9 Å². The van der Waals surface area contributed by atoms with E-state index in [-0.39, 0.29) is 19.0 Å². The third-order valence-electron chi connectivity index (χ3n) is 7.18. The number of aliphatic imine (C=N–C) groups is 1. The molecule has 1 saturated carbocycles. The second kappa shape index (κ2) is 11.6. The number of benzene rings is 2. The van der Waals surface area contributed by atoms with Crippen LogP contribution in [-0.4, -0.2) is 50.9 Å². The smallest absolute Gasteiger partial charge is 0.336 e. The normalized spacial score (nSPS) is 22.8. The van der Waals surface area contributed by atoms with E-state index in [1.165, 1.54) is 0 Å². The van der Waals surface area contributed by atoms with Crippen molar-refractivity contribution >= 4 is 23.4 Å². The topological polar surface area (TPSA) is 100 Å². The molecule has 2 aromatic rings. The molecule has 8 heteroatoms. The van der Waals surface area contributed by atoms with Crippen LogP contribution in [0.4, 0.5) is 0 Å². The first-order chi connectivity index (χ1) is 18.3. The van der Waals surface area contributed by atoms with Gasteiger partial charge in [-0.2, -0.15) is 0 Å². The first kappa shape index (κ1) is 27.1. The van der Waals surface area contributed by atoms with E-state index in [0.29, 0.717) is 34.9 Å². The van der Waals surface area contributed by atoms with E-state index in [9.17, 15) is 14.4 Å². The fourth-order valence-corrected chi connectivity index (χ4v) is 5.51. The van der Waals surface area contributed by atoms with E-state index >= 15 is 0 Å². The summed E-state index contributed by atoms with van der Waals surface area (Å²) < 4.78 is 21.5. The number of hydrogen-bond donors (Lipinski definition) is 0. The van der Waals surface area contributed by atoms with Gasteiger partial charge in [0.15, 0.2) is 5.78 Å². The molecule has 200 valence electrons. The molecule has 2 aromatic carbocycles. The summed E-state index contributed by atoms with van der Waals surface area (Å²) in [5.41, 5.74) is 2.98. The summed E-state index contributed by atoms with van der Waals surface area (Å²) in [6.45, 7) is 5.53. The van der Waals surface area contributed by atoms with Crippen molar-refractivity contribution in [2.45, 2.75) is 39.0 Å². The highest BCUT2D eigenvalue weighted by molar-refractivity contribution is 6.17. The number of esters is 2. The first-order valence-corrected chi connectivity index (χ1v) is 12.8. The third kappa shape index (κ3) is 5.08. The Morgan fingerprint density at radius 1 is 0.895 bits per heavy atom. The maximum atomic E-state index is 14.3. The highest BCUT2D eigenvalue weighted by Gasteiger charge is 2.53. The van der Waals surface area contributed by atoms with Crippen molar-refractivity contribution in [1.82, 2.24) is 0 Å². The number of rotatable bonds is 8. The zero-order valence-corrected chi connectivity index (χ0v) is 22.4. The molecule has 4 rings (SSSR count). The monoisotopic (exact) mass is 519 g/mol. The Bertz CT molecular complexity index is 1280. The van der Waals surface area contributed by atoms with Crippen LogP contribution in [0.2, 0.25) is 0 Å². The van der Waals surface area contributed by atoms with Crippen molar-refractivity contribution < 1.29 is 33.3 Å². The van der Waals surface area contributed by atoms with Gasteiger partial charge in [-0.25, -0.2) is 4.79 Å². The van der Waals surface area contributed by atoms with Crippen molar-refractivity contribution in [3.63, 3.8) is 0 Å². The molecule has 0 bridgehead atoms. The summed E-state index contributed by atoms with van der Waals surface area (Å²) in [4.78, 5) is 45.6. The van der Waals surface area contributed by atoms with Crippen molar-refractivity contribution in [1.29, 1.82) is 0 Å². The maximum Gasteiger partial charge on any atom is 0.336 e. The highest BCUT2D eigenvalue weighted by Crippen LogP contribution is 2.48. The SMILES string of the molecule is CCOC(=O)C1=C(C)N=C2C[C@@H](c3cccc(OC)c3)[C@H](C(=O)OCC)C(=O)C2[C@@H]1c1ccc(OC)cc1. The van der Waals surface area contributed by atoms with Gasteiger partial charge in [-0.3, -0.25) is 14.6 Å². The van der Waals surface area contributed by atoms with Gasteiger partial charge in [0.25, 0.3) is 0 Å². The predicted molar refractivity (Wildman–Crippen MR) is 141 cm³/mol. The quantitative estimate of drug-likeness (QED) is 0.370. The van der Waals surface area contributed by atoms with Crippen molar-refractivity contribution in [2.24, 2.45) is 16.8 Å². The van der Waals surface area contributed by atoms with E-state index in [1.807, 2.05) is 36.4 Å². The van der Waals surface area contributed by atoms with E-state index in [0.717, 1.165) is 11.1 Å². The van der Waals surface area contributed by atoms with Gasteiger partial charge in [0.2, 0.25) is 0 Å². The Hall–Kier alpha value is -3.94. The molecular formula is C30H33NO7. The zero-order chi connectivity index (χ0) is 27.4. The molecule has 0 aromatic heterocycles. The number of allylic oxidation sites excluding steroid dienone is 1. The fourth-order valence-electron chi connectivity index (χ4n) is 5.51. The fraction of sp³-hybridized carbons (Fsp3) is 0.400. The summed E-state index contributed by atoms with van der Waals surface area (Å²) in [5, 5.41) is 0. The van der Waals surface area contributed by atoms with Crippen LogP contribution in [0.15, 0.2) is 64.8 Å². The van der Waals surface area contributed by atoms with Crippen LogP contribution in [0.25, 0.3) is 0 Å². The lowest BCUT2D eigenvalue weighted by atomic mass is 9.62. The lowest BCUT2D eigenvalue weighted by molar-refractivity contribution is -0.153. The lowest BCUT2D eigenvalue weighted by Gasteiger charge is -2.41. The van der Waals surface area contributed by atoms with Crippen LogP contribution in [0, 0.1) is 11.8 Å². The predicted octanol–water partition coefficient (Wildman–Crippen LogP) is 4.63. The Morgan fingerprint density at radius 2 is 1.58 bits per heavy atom. The first-order valence-electron chi connectivity index (χ1n) is 12.8. The van der Waals surface area contributed by atoms with E-state index in [2.05, 4.69) is 0 Å². The van der Waals surface area contributed by atoms with Crippen LogP contribution in [0.1, 0.15) is 50.2 Å². The standard InChI is InChI=1S/C30H33NO7/c1-6-37-29(33)24-17(3)31-23-16-22(19-9-8-10-21(15-19)36-5)26(30(34)38-7-2)28(32)27(23)25(24)18-11-13-20(35-4)14-12-18/h8-15,22,25-27H,6-7,16H2,1-5H3/t22-,25+,26-,27?/m0/s1. The largest absolute Gasteiger partial charge is 0.497 e. The van der Waals surface area contributed by atoms with Gasteiger partial charge in [-0.15, -0.1) is 0 Å². The Morgan fingerprint density at radius 3 is 2.21 bits per heavy atom. The number of carbonyl (C=O) groups excluding carboxylic acids is 3. The Kier molecular flexibility index (Phi) is 8.29. The molecule has 38 heavy (non-hydrogen) atoms. The average molecular weight is 520 g/mol. The summed E-state index contributed by atoms with van der Waals surface area (Å²) in [7, 11) is 3.14. The number of hydrogen-bond acceptors (Lipinski definition) is 8. The van der Waals surface area contributed by atoms with Gasteiger partial charge in [0.1, 0.15) is 17.4 Å². The highest BCUT2D eigenvalue weighted by atomic mass is 16.5. The Labute approximate surface area is 222 Å². The maximum absolute atomic E-state index is 14.3. The van der Waals surface area contributed by atoms with Crippen LogP contribution >= 0.6 is 0 Å². The number of nitrogens with zero attached hydrogens (tertiary/aromatic N) is 1. The van der Waals surface area contributed by atoms with Crippen molar-refractivity contribution in [2.75, 3.05) is 27.4 Å².